The Labute approximate surface area is 201 Å². The summed E-state index contributed by atoms with van der Waals surface area (Å²) >= 11 is 0. The van der Waals surface area contributed by atoms with Gasteiger partial charge in [-0.1, -0.05) is 96.1 Å². The molecule has 34 heavy (non-hydrogen) atoms. The molecule has 0 unspecified atom stereocenters. The molecule has 5 rings (SSSR count). The third-order valence-electron chi connectivity index (χ3n) is 6.17. The van der Waals surface area contributed by atoms with Crippen LogP contribution in [0.2, 0.25) is 0 Å². The van der Waals surface area contributed by atoms with Gasteiger partial charge in [0, 0.05) is 28.2 Å². The van der Waals surface area contributed by atoms with Gasteiger partial charge in [0.25, 0.3) is 0 Å². The molecule has 2 N–H and O–H groups in total. The minimum absolute atomic E-state index is 0.768. The summed E-state index contributed by atoms with van der Waals surface area (Å²) < 4.78 is 0. The third kappa shape index (κ3) is 4.18. The highest BCUT2D eigenvalue weighted by molar-refractivity contribution is 6.01. The molecule has 0 fully saturated rings. The zero-order chi connectivity index (χ0) is 23.5. The van der Waals surface area contributed by atoms with Crippen molar-refractivity contribution in [3.05, 3.63) is 132 Å². The Hall–Kier alpha value is -4.30. The minimum Gasteiger partial charge on any atom is -0.398 e. The van der Waals surface area contributed by atoms with Crippen molar-refractivity contribution in [2.24, 2.45) is 0 Å². The first-order chi connectivity index (χ1) is 16.6. The van der Waals surface area contributed by atoms with Crippen LogP contribution in [0.5, 0.6) is 0 Å². The van der Waals surface area contributed by atoms with Crippen LogP contribution < -0.4 is 10.6 Å². The van der Waals surface area contributed by atoms with Gasteiger partial charge in [-0.15, -0.1) is 0 Å². The number of hydrogen-bond acceptors (Lipinski definition) is 2. The van der Waals surface area contributed by atoms with Crippen molar-refractivity contribution in [3.63, 3.8) is 0 Å². The SMILES string of the molecule is Cc1ccc(-c2c(N)ccc(N(c3ccccc3)c3ccccc3)c2-c2ccc(C)cc2)cc1. The Morgan fingerprint density at radius 1 is 0.471 bits per heavy atom. The van der Waals surface area contributed by atoms with E-state index in [9.17, 15) is 0 Å². The van der Waals surface area contributed by atoms with Gasteiger partial charge in [0.2, 0.25) is 0 Å². The molecule has 0 bridgehead atoms. The maximum absolute atomic E-state index is 6.69. The third-order valence-corrected chi connectivity index (χ3v) is 6.17. The lowest BCUT2D eigenvalue weighted by Gasteiger charge is -2.29. The minimum atomic E-state index is 0.768. The Bertz CT molecular complexity index is 1350. The number of anilines is 4. The first-order valence-corrected chi connectivity index (χ1v) is 11.6. The number of nitrogens with zero attached hydrogens (tertiary/aromatic N) is 1. The van der Waals surface area contributed by atoms with E-state index in [2.05, 4.69) is 122 Å². The van der Waals surface area contributed by atoms with Gasteiger partial charge in [0.15, 0.2) is 0 Å². The van der Waals surface area contributed by atoms with Crippen LogP contribution in [-0.4, -0.2) is 0 Å². The molecule has 2 nitrogen and oxygen atoms in total. The smallest absolute Gasteiger partial charge is 0.0547 e. The average molecular weight is 441 g/mol. The van der Waals surface area contributed by atoms with Crippen molar-refractivity contribution in [2.45, 2.75) is 13.8 Å². The lowest BCUT2D eigenvalue weighted by Crippen LogP contribution is -2.12. The largest absolute Gasteiger partial charge is 0.398 e. The molecule has 0 aliphatic heterocycles. The number of nitrogen functional groups attached to an aromatic ring is 1. The maximum Gasteiger partial charge on any atom is 0.0547 e. The molecule has 0 aliphatic carbocycles. The summed E-state index contributed by atoms with van der Waals surface area (Å²) in [4.78, 5) is 2.31. The molecule has 0 aliphatic rings. The van der Waals surface area contributed by atoms with Crippen LogP contribution in [0.4, 0.5) is 22.7 Å². The molecule has 0 saturated carbocycles. The van der Waals surface area contributed by atoms with Crippen molar-refractivity contribution in [1.29, 1.82) is 0 Å². The van der Waals surface area contributed by atoms with Gasteiger partial charge in [-0.05, 0) is 61.4 Å². The topological polar surface area (TPSA) is 29.3 Å². The summed E-state index contributed by atoms with van der Waals surface area (Å²) in [6.07, 6.45) is 0. The Kier molecular flexibility index (Phi) is 5.88. The van der Waals surface area contributed by atoms with E-state index in [0.29, 0.717) is 0 Å². The first kappa shape index (κ1) is 21.5. The van der Waals surface area contributed by atoms with Crippen molar-refractivity contribution < 1.29 is 0 Å². The zero-order valence-corrected chi connectivity index (χ0v) is 19.6. The number of rotatable bonds is 5. The molecular weight excluding hydrogens is 412 g/mol. The number of nitrogens with two attached hydrogens (primary N) is 1. The molecular formula is C32H28N2. The van der Waals surface area contributed by atoms with Gasteiger partial charge in [-0.2, -0.15) is 0 Å². The van der Waals surface area contributed by atoms with E-state index in [-0.39, 0.29) is 0 Å². The molecule has 0 heterocycles. The Balaban J connectivity index is 1.85. The second kappa shape index (κ2) is 9.29. The molecule has 0 radical (unpaired) electrons. The predicted molar refractivity (Wildman–Crippen MR) is 146 cm³/mol. The highest BCUT2D eigenvalue weighted by atomic mass is 15.1. The van der Waals surface area contributed by atoms with E-state index in [4.69, 9.17) is 5.73 Å². The van der Waals surface area contributed by atoms with Crippen LogP contribution in [0.25, 0.3) is 22.3 Å². The predicted octanol–water partition coefficient (Wildman–Crippen LogP) is 8.69. The molecule has 0 aromatic heterocycles. The summed E-state index contributed by atoms with van der Waals surface area (Å²) in [7, 11) is 0. The molecule has 2 heteroatoms. The van der Waals surface area contributed by atoms with Gasteiger partial charge in [-0.3, -0.25) is 0 Å². The fourth-order valence-corrected chi connectivity index (χ4v) is 4.42. The first-order valence-electron chi connectivity index (χ1n) is 11.6. The maximum atomic E-state index is 6.69. The van der Waals surface area contributed by atoms with Crippen LogP contribution in [0, 0.1) is 13.8 Å². The molecule has 0 spiro atoms. The summed E-state index contributed by atoms with van der Waals surface area (Å²) in [5.74, 6) is 0. The van der Waals surface area contributed by atoms with E-state index in [1.165, 1.54) is 11.1 Å². The van der Waals surface area contributed by atoms with Gasteiger partial charge < -0.3 is 10.6 Å². The second-order valence-corrected chi connectivity index (χ2v) is 8.66. The van der Waals surface area contributed by atoms with Gasteiger partial charge in [0.1, 0.15) is 0 Å². The average Bonchev–Trinajstić information content (AvgIpc) is 2.87. The Morgan fingerprint density at radius 2 is 0.912 bits per heavy atom. The normalized spacial score (nSPS) is 10.8. The standard InChI is InChI=1S/C32H28N2/c1-23-13-17-25(18-14-23)31-29(33)21-22-30(32(31)26-19-15-24(2)16-20-26)34(27-9-5-3-6-10-27)28-11-7-4-8-12-28/h3-22H,33H2,1-2H3. The number of aryl methyl sites for hydroxylation is 2. The van der Waals surface area contributed by atoms with Gasteiger partial charge in [0.05, 0.1) is 5.69 Å². The number of para-hydroxylation sites is 2. The van der Waals surface area contributed by atoms with E-state index < -0.39 is 0 Å². The monoisotopic (exact) mass is 440 g/mol. The number of hydrogen-bond donors (Lipinski definition) is 1. The van der Waals surface area contributed by atoms with Crippen molar-refractivity contribution in [3.8, 4) is 22.3 Å². The zero-order valence-electron chi connectivity index (χ0n) is 19.6. The quantitative estimate of drug-likeness (QED) is 0.277. The van der Waals surface area contributed by atoms with Gasteiger partial charge in [-0.25, -0.2) is 0 Å². The summed E-state index contributed by atoms with van der Waals surface area (Å²) in [6.45, 7) is 4.22. The molecule has 5 aromatic rings. The van der Waals surface area contributed by atoms with E-state index in [1.807, 2.05) is 18.2 Å². The fraction of sp³-hybridized carbons (Fsp3) is 0.0625. The molecule has 0 saturated heterocycles. The van der Waals surface area contributed by atoms with E-state index in [0.717, 1.165) is 45.0 Å². The highest BCUT2D eigenvalue weighted by Gasteiger charge is 2.22. The Morgan fingerprint density at radius 3 is 1.38 bits per heavy atom. The van der Waals surface area contributed by atoms with Crippen LogP contribution in [0.1, 0.15) is 11.1 Å². The van der Waals surface area contributed by atoms with E-state index in [1.54, 1.807) is 0 Å². The fourth-order valence-electron chi connectivity index (χ4n) is 4.42. The van der Waals surface area contributed by atoms with Crippen LogP contribution in [0.15, 0.2) is 121 Å². The summed E-state index contributed by atoms with van der Waals surface area (Å²) in [5.41, 5.74) is 17.6. The second-order valence-electron chi connectivity index (χ2n) is 8.66. The lowest BCUT2D eigenvalue weighted by molar-refractivity contribution is 1.28. The van der Waals surface area contributed by atoms with Crippen molar-refractivity contribution in [2.75, 3.05) is 10.6 Å². The molecule has 0 atom stereocenters. The lowest BCUT2D eigenvalue weighted by atomic mass is 9.90. The number of benzene rings is 5. The molecule has 5 aromatic carbocycles. The van der Waals surface area contributed by atoms with Crippen molar-refractivity contribution in [1.82, 2.24) is 0 Å². The van der Waals surface area contributed by atoms with Crippen LogP contribution in [0.3, 0.4) is 0 Å². The van der Waals surface area contributed by atoms with Crippen LogP contribution >= 0.6 is 0 Å². The van der Waals surface area contributed by atoms with Crippen LogP contribution in [-0.2, 0) is 0 Å². The summed E-state index contributed by atoms with van der Waals surface area (Å²) in [5, 5.41) is 0. The molecule has 0 amide bonds. The highest BCUT2D eigenvalue weighted by Crippen LogP contribution is 2.47. The summed E-state index contributed by atoms with van der Waals surface area (Å²) in [6, 6.07) is 42.5. The van der Waals surface area contributed by atoms with Gasteiger partial charge >= 0.3 is 0 Å². The van der Waals surface area contributed by atoms with Crippen molar-refractivity contribution >= 4 is 22.7 Å². The molecule has 166 valence electrons. The van der Waals surface area contributed by atoms with E-state index >= 15 is 0 Å².